The summed E-state index contributed by atoms with van der Waals surface area (Å²) in [5.74, 6) is 0. The highest BCUT2D eigenvalue weighted by Crippen LogP contribution is 2.37. The molecule has 0 saturated carbocycles. The van der Waals surface area contributed by atoms with Crippen molar-refractivity contribution < 1.29 is 13.2 Å². The third-order valence-corrected chi connectivity index (χ3v) is 4.23. The van der Waals surface area contributed by atoms with Crippen molar-refractivity contribution >= 4 is 27.7 Å². The molecular weight excluding hydrogens is 325 g/mol. The van der Waals surface area contributed by atoms with E-state index in [1.165, 1.54) is 17.8 Å². The Labute approximate surface area is 115 Å². The lowest BCUT2D eigenvalue weighted by Crippen LogP contribution is -2.04. The molecule has 0 nitrogen and oxygen atoms in total. The Morgan fingerprint density at radius 2 is 1.61 bits per heavy atom. The number of hydrogen-bond donors (Lipinski definition) is 0. The van der Waals surface area contributed by atoms with Crippen LogP contribution in [-0.4, -0.2) is 0 Å². The van der Waals surface area contributed by atoms with Gasteiger partial charge in [-0.1, -0.05) is 30.0 Å². The Morgan fingerprint density at radius 1 is 0.944 bits per heavy atom. The summed E-state index contributed by atoms with van der Waals surface area (Å²) in [5.41, 5.74) is -0.646. The van der Waals surface area contributed by atoms with Crippen molar-refractivity contribution in [2.75, 3.05) is 0 Å². The summed E-state index contributed by atoms with van der Waals surface area (Å²) < 4.78 is 37.9. The fourth-order valence-electron chi connectivity index (χ4n) is 1.38. The Morgan fingerprint density at radius 3 is 2.17 bits per heavy atom. The van der Waals surface area contributed by atoms with E-state index in [4.69, 9.17) is 0 Å². The van der Waals surface area contributed by atoms with Crippen molar-refractivity contribution in [1.82, 2.24) is 0 Å². The van der Waals surface area contributed by atoms with Gasteiger partial charge < -0.3 is 0 Å². The highest BCUT2D eigenvalue weighted by Gasteiger charge is 2.30. The van der Waals surface area contributed by atoms with E-state index in [0.717, 1.165) is 21.9 Å². The molecule has 0 spiro atoms. The average Bonchev–Trinajstić information content (AvgIpc) is 2.32. The lowest BCUT2D eigenvalue weighted by Gasteiger charge is -2.09. The molecule has 0 bridgehead atoms. The van der Waals surface area contributed by atoms with E-state index < -0.39 is 11.7 Å². The monoisotopic (exact) mass is 332 g/mol. The highest BCUT2D eigenvalue weighted by molar-refractivity contribution is 9.10. The van der Waals surface area contributed by atoms with Crippen molar-refractivity contribution in [3.63, 3.8) is 0 Å². The fraction of sp³-hybridized carbons (Fsp3) is 0.0769. The lowest BCUT2D eigenvalue weighted by molar-refractivity contribution is -0.137. The molecule has 2 aromatic carbocycles. The Kier molecular flexibility index (Phi) is 4.02. The van der Waals surface area contributed by atoms with Crippen LogP contribution in [0.25, 0.3) is 0 Å². The molecule has 0 unspecified atom stereocenters. The summed E-state index contributed by atoms with van der Waals surface area (Å²) in [4.78, 5) is 1.74. The van der Waals surface area contributed by atoms with Gasteiger partial charge in [0.05, 0.1) is 5.56 Å². The summed E-state index contributed by atoms with van der Waals surface area (Å²) in [7, 11) is 0. The second-order valence-electron chi connectivity index (χ2n) is 3.56. The number of halogens is 4. The highest BCUT2D eigenvalue weighted by atomic mass is 79.9. The first-order chi connectivity index (χ1) is 8.47. The van der Waals surface area contributed by atoms with E-state index in [2.05, 4.69) is 15.9 Å². The van der Waals surface area contributed by atoms with Crippen molar-refractivity contribution in [2.24, 2.45) is 0 Å². The van der Waals surface area contributed by atoms with E-state index >= 15 is 0 Å². The second kappa shape index (κ2) is 5.36. The fourth-order valence-corrected chi connectivity index (χ4v) is 2.84. The molecule has 18 heavy (non-hydrogen) atoms. The summed E-state index contributed by atoms with van der Waals surface area (Å²) in [6, 6.07) is 13.2. The normalized spacial score (nSPS) is 11.6. The molecular formula is C13H8BrF3S. The average molecular weight is 333 g/mol. The minimum atomic E-state index is -4.31. The van der Waals surface area contributed by atoms with Crippen molar-refractivity contribution in [1.29, 1.82) is 0 Å². The molecule has 0 aliphatic rings. The Balaban J connectivity index is 2.26. The van der Waals surface area contributed by atoms with Gasteiger partial charge in [-0.25, -0.2) is 0 Å². The van der Waals surface area contributed by atoms with Gasteiger partial charge in [-0.05, 0) is 46.3 Å². The van der Waals surface area contributed by atoms with Gasteiger partial charge in [-0.15, -0.1) is 0 Å². The maximum Gasteiger partial charge on any atom is 0.416 e. The SMILES string of the molecule is FC(F)(F)c1ccc(Sc2ccccc2)c(Br)c1. The molecule has 0 amide bonds. The molecule has 0 aliphatic heterocycles. The third kappa shape index (κ3) is 3.29. The summed E-state index contributed by atoms with van der Waals surface area (Å²) in [6.45, 7) is 0. The zero-order valence-corrected chi connectivity index (χ0v) is 11.4. The molecule has 2 aromatic rings. The van der Waals surface area contributed by atoms with Crippen LogP contribution in [0.4, 0.5) is 13.2 Å². The lowest BCUT2D eigenvalue weighted by atomic mass is 10.2. The summed E-state index contributed by atoms with van der Waals surface area (Å²) in [5, 5.41) is 0. The van der Waals surface area contributed by atoms with Gasteiger partial charge in [0.25, 0.3) is 0 Å². The minimum absolute atomic E-state index is 0.450. The Bertz CT molecular complexity index is 538. The molecule has 0 aromatic heterocycles. The molecule has 5 heteroatoms. The maximum atomic E-state index is 12.5. The summed E-state index contributed by atoms with van der Waals surface area (Å²) in [6.07, 6.45) is -4.31. The molecule has 0 atom stereocenters. The standard InChI is InChI=1S/C13H8BrF3S/c14-11-8-9(13(15,16)17)6-7-12(11)18-10-4-2-1-3-5-10/h1-8H. The van der Waals surface area contributed by atoms with Crippen LogP contribution in [0.1, 0.15) is 5.56 Å². The van der Waals surface area contributed by atoms with Crippen LogP contribution in [0.15, 0.2) is 62.8 Å². The predicted molar refractivity (Wildman–Crippen MR) is 69.7 cm³/mol. The predicted octanol–water partition coefficient (Wildman–Crippen LogP) is 5.62. The van der Waals surface area contributed by atoms with Gasteiger partial charge in [-0.3, -0.25) is 0 Å². The molecule has 2 rings (SSSR count). The molecule has 0 saturated heterocycles. The van der Waals surface area contributed by atoms with E-state index in [0.29, 0.717) is 4.47 Å². The Hall–Kier alpha value is -0.940. The van der Waals surface area contributed by atoms with Crippen LogP contribution in [0.3, 0.4) is 0 Å². The quantitative estimate of drug-likeness (QED) is 0.687. The van der Waals surface area contributed by atoms with Gasteiger partial charge in [0.2, 0.25) is 0 Å². The first-order valence-corrected chi connectivity index (χ1v) is 6.67. The molecule has 94 valence electrons. The van der Waals surface area contributed by atoms with Crippen molar-refractivity contribution in [3.8, 4) is 0 Å². The van der Waals surface area contributed by atoms with Gasteiger partial charge in [0.15, 0.2) is 0 Å². The van der Waals surface area contributed by atoms with E-state index in [-0.39, 0.29) is 0 Å². The largest absolute Gasteiger partial charge is 0.416 e. The zero-order chi connectivity index (χ0) is 13.2. The van der Waals surface area contributed by atoms with Crippen LogP contribution < -0.4 is 0 Å². The minimum Gasteiger partial charge on any atom is -0.166 e. The first kappa shape index (κ1) is 13.5. The van der Waals surface area contributed by atoms with Gasteiger partial charge in [0, 0.05) is 14.3 Å². The van der Waals surface area contributed by atoms with E-state index in [1.54, 1.807) is 0 Å². The van der Waals surface area contributed by atoms with Crippen LogP contribution in [0.2, 0.25) is 0 Å². The number of benzene rings is 2. The third-order valence-electron chi connectivity index (χ3n) is 2.23. The first-order valence-electron chi connectivity index (χ1n) is 5.06. The van der Waals surface area contributed by atoms with Gasteiger partial charge >= 0.3 is 6.18 Å². The van der Waals surface area contributed by atoms with Crippen molar-refractivity contribution in [2.45, 2.75) is 16.0 Å². The molecule has 0 radical (unpaired) electrons. The zero-order valence-electron chi connectivity index (χ0n) is 9.04. The van der Waals surface area contributed by atoms with Crippen LogP contribution in [0.5, 0.6) is 0 Å². The molecule has 0 N–H and O–H groups in total. The van der Waals surface area contributed by atoms with Gasteiger partial charge in [-0.2, -0.15) is 13.2 Å². The maximum absolute atomic E-state index is 12.5. The van der Waals surface area contributed by atoms with Crippen molar-refractivity contribution in [3.05, 3.63) is 58.6 Å². The van der Waals surface area contributed by atoms with E-state index in [9.17, 15) is 13.2 Å². The van der Waals surface area contributed by atoms with E-state index in [1.807, 2.05) is 30.3 Å². The van der Waals surface area contributed by atoms with Crippen LogP contribution in [-0.2, 0) is 6.18 Å². The topological polar surface area (TPSA) is 0 Å². The number of hydrogen-bond acceptors (Lipinski definition) is 1. The summed E-state index contributed by atoms with van der Waals surface area (Å²) >= 11 is 4.60. The molecule has 0 fully saturated rings. The smallest absolute Gasteiger partial charge is 0.166 e. The van der Waals surface area contributed by atoms with Crippen LogP contribution in [0, 0.1) is 0 Å². The number of alkyl halides is 3. The second-order valence-corrected chi connectivity index (χ2v) is 5.53. The number of rotatable bonds is 2. The molecule has 0 heterocycles. The van der Waals surface area contributed by atoms with Crippen LogP contribution >= 0.6 is 27.7 Å². The molecule has 0 aliphatic carbocycles. The van der Waals surface area contributed by atoms with Gasteiger partial charge in [0.1, 0.15) is 0 Å².